The number of pyridine rings is 1. The molecule has 21 heavy (non-hydrogen) atoms. The predicted octanol–water partition coefficient (Wildman–Crippen LogP) is 1.26. The van der Waals surface area contributed by atoms with E-state index in [0.717, 1.165) is 26.1 Å². The van der Waals surface area contributed by atoms with Crippen molar-refractivity contribution in [3.05, 3.63) is 29.1 Å². The molecule has 2 rings (SSSR count). The van der Waals surface area contributed by atoms with Gasteiger partial charge < -0.3 is 10.0 Å². The van der Waals surface area contributed by atoms with Gasteiger partial charge in [0.1, 0.15) is 5.69 Å². The second-order valence-electron chi connectivity index (χ2n) is 5.27. The number of piperazine rings is 1. The van der Waals surface area contributed by atoms with Gasteiger partial charge in [0.25, 0.3) is 5.91 Å². The zero-order chi connectivity index (χ0) is 15.4. The van der Waals surface area contributed by atoms with E-state index < -0.39 is 5.97 Å². The van der Waals surface area contributed by atoms with Crippen LogP contribution >= 0.6 is 0 Å². The molecular formula is C15H21N3O3. The molecule has 6 heteroatoms. The van der Waals surface area contributed by atoms with E-state index >= 15 is 0 Å². The van der Waals surface area contributed by atoms with Gasteiger partial charge in [0, 0.05) is 26.2 Å². The second-order valence-corrected chi connectivity index (χ2v) is 5.27. The maximum atomic E-state index is 12.4. The molecule has 0 saturated carbocycles. The van der Waals surface area contributed by atoms with Crippen LogP contribution in [0.4, 0.5) is 0 Å². The third-order valence-electron chi connectivity index (χ3n) is 3.73. The van der Waals surface area contributed by atoms with Crippen LogP contribution in [0.15, 0.2) is 12.1 Å². The number of aryl methyl sites for hydroxylation is 1. The third-order valence-corrected chi connectivity index (χ3v) is 3.73. The molecule has 114 valence electrons. The van der Waals surface area contributed by atoms with Crippen LogP contribution in [0.2, 0.25) is 0 Å². The minimum Gasteiger partial charge on any atom is -0.478 e. The van der Waals surface area contributed by atoms with Crippen molar-refractivity contribution >= 4 is 11.9 Å². The molecule has 0 aliphatic carbocycles. The van der Waals surface area contributed by atoms with Crippen molar-refractivity contribution in [2.75, 3.05) is 32.7 Å². The van der Waals surface area contributed by atoms with E-state index in [1.54, 1.807) is 11.8 Å². The molecule has 0 atom stereocenters. The lowest BCUT2D eigenvalue weighted by molar-refractivity contribution is 0.0628. The number of aromatic carboxylic acids is 1. The van der Waals surface area contributed by atoms with Crippen LogP contribution in [0.5, 0.6) is 0 Å². The van der Waals surface area contributed by atoms with Crippen molar-refractivity contribution in [3.63, 3.8) is 0 Å². The number of carbonyl (C=O) groups excluding carboxylic acids is 1. The molecule has 1 aromatic heterocycles. The van der Waals surface area contributed by atoms with Crippen molar-refractivity contribution in [1.82, 2.24) is 14.8 Å². The highest BCUT2D eigenvalue weighted by Gasteiger charge is 2.23. The summed E-state index contributed by atoms with van der Waals surface area (Å²) in [5.74, 6) is -1.14. The molecule has 2 heterocycles. The Kier molecular flexibility index (Phi) is 4.90. The molecule has 1 amide bonds. The first-order valence-corrected chi connectivity index (χ1v) is 7.25. The first kappa shape index (κ1) is 15.4. The Morgan fingerprint density at radius 3 is 2.43 bits per heavy atom. The van der Waals surface area contributed by atoms with Crippen LogP contribution in [-0.4, -0.2) is 64.5 Å². The monoisotopic (exact) mass is 291 g/mol. The maximum Gasteiger partial charge on any atom is 0.337 e. The summed E-state index contributed by atoms with van der Waals surface area (Å²) < 4.78 is 0. The zero-order valence-corrected chi connectivity index (χ0v) is 12.5. The van der Waals surface area contributed by atoms with Crippen LogP contribution in [0.3, 0.4) is 0 Å². The fraction of sp³-hybridized carbons (Fsp3) is 0.533. The van der Waals surface area contributed by atoms with Gasteiger partial charge in [0.05, 0.1) is 11.3 Å². The fourth-order valence-corrected chi connectivity index (χ4v) is 2.56. The van der Waals surface area contributed by atoms with Crippen molar-refractivity contribution in [2.45, 2.75) is 20.3 Å². The molecule has 1 aliphatic rings. The van der Waals surface area contributed by atoms with E-state index in [1.165, 1.54) is 12.1 Å². The number of nitrogens with zero attached hydrogens (tertiary/aromatic N) is 3. The van der Waals surface area contributed by atoms with Gasteiger partial charge in [-0.05, 0) is 32.0 Å². The molecule has 1 aromatic rings. The maximum absolute atomic E-state index is 12.4. The van der Waals surface area contributed by atoms with E-state index in [-0.39, 0.29) is 11.5 Å². The fourth-order valence-electron chi connectivity index (χ4n) is 2.56. The average molecular weight is 291 g/mol. The summed E-state index contributed by atoms with van der Waals surface area (Å²) in [5.41, 5.74) is 0.832. The quantitative estimate of drug-likeness (QED) is 0.904. The standard InChI is InChI=1S/C15H21N3O3/c1-3-6-17-7-9-18(10-8-17)14(19)13-5-4-12(15(20)21)11(2)16-13/h4-5H,3,6-10H2,1-2H3,(H,20,21). The first-order chi connectivity index (χ1) is 10.0. The highest BCUT2D eigenvalue weighted by Crippen LogP contribution is 2.11. The number of hydrogen-bond acceptors (Lipinski definition) is 4. The SMILES string of the molecule is CCCN1CCN(C(=O)c2ccc(C(=O)O)c(C)n2)CC1. The van der Waals surface area contributed by atoms with Gasteiger partial charge in [-0.3, -0.25) is 9.69 Å². The third kappa shape index (κ3) is 3.58. The summed E-state index contributed by atoms with van der Waals surface area (Å²) in [4.78, 5) is 31.6. The number of carbonyl (C=O) groups is 2. The van der Waals surface area contributed by atoms with Gasteiger partial charge in [0.2, 0.25) is 0 Å². The number of amides is 1. The Balaban J connectivity index is 2.04. The molecule has 0 unspecified atom stereocenters. The molecular weight excluding hydrogens is 270 g/mol. The van der Waals surface area contributed by atoms with E-state index in [1.807, 2.05) is 0 Å². The number of aromatic nitrogens is 1. The van der Waals surface area contributed by atoms with Gasteiger partial charge in [0.15, 0.2) is 0 Å². The Morgan fingerprint density at radius 2 is 1.90 bits per heavy atom. The molecule has 0 spiro atoms. The molecule has 1 fully saturated rings. The number of hydrogen-bond donors (Lipinski definition) is 1. The molecule has 6 nitrogen and oxygen atoms in total. The largest absolute Gasteiger partial charge is 0.478 e. The van der Waals surface area contributed by atoms with E-state index in [0.29, 0.717) is 24.5 Å². The van der Waals surface area contributed by atoms with Gasteiger partial charge >= 0.3 is 5.97 Å². The van der Waals surface area contributed by atoms with Gasteiger partial charge in [-0.15, -0.1) is 0 Å². The van der Waals surface area contributed by atoms with Crippen LogP contribution in [-0.2, 0) is 0 Å². The van der Waals surface area contributed by atoms with Gasteiger partial charge in [-0.1, -0.05) is 6.92 Å². The summed E-state index contributed by atoms with van der Waals surface area (Å²) in [6.07, 6.45) is 1.12. The molecule has 1 aliphatic heterocycles. The van der Waals surface area contributed by atoms with Crippen molar-refractivity contribution < 1.29 is 14.7 Å². The van der Waals surface area contributed by atoms with Crippen LogP contribution in [0.25, 0.3) is 0 Å². The molecule has 1 N–H and O–H groups in total. The number of rotatable bonds is 4. The van der Waals surface area contributed by atoms with Crippen molar-refractivity contribution in [2.24, 2.45) is 0 Å². The summed E-state index contributed by atoms with van der Waals surface area (Å²) in [6, 6.07) is 2.95. The van der Waals surface area contributed by atoms with Gasteiger partial charge in [-0.2, -0.15) is 0 Å². The minimum absolute atomic E-state index is 0.119. The molecule has 0 bridgehead atoms. The summed E-state index contributed by atoms with van der Waals surface area (Å²) in [7, 11) is 0. The molecule has 0 radical (unpaired) electrons. The lowest BCUT2D eigenvalue weighted by Gasteiger charge is -2.34. The minimum atomic E-state index is -1.02. The molecule has 1 saturated heterocycles. The second kappa shape index (κ2) is 6.67. The average Bonchev–Trinajstić information content (AvgIpc) is 2.47. The molecule has 0 aromatic carbocycles. The Morgan fingerprint density at radius 1 is 1.24 bits per heavy atom. The number of carboxylic acids is 1. The van der Waals surface area contributed by atoms with E-state index in [4.69, 9.17) is 5.11 Å². The lowest BCUT2D eigenvalue weighted by atomic mass is 10.1. The van der Waals surface area contributed by atoms with Crippen LogP contribution in [0, 0.1) is 6.92 Å². The van der Waals surface area contributed by atoms with E-state index in [2.05, 4.69) is 16.8 Å². The highest BCUT2D eigenvalue weighted by molar-refractivity contribution is 5.94. The lowest BCUT2D eigenvalue weighted by Crippen LogP contribution is -2.49. The van der Waals surface area contributed by atoms with Gasteiger partial charge in [-0.25, -0.2) is 9.78 Å². The Bertz CT molecular complexity index is 537. The highest BCUT2D eigenvalue weighted by atomic mass is 16.4. The van der Waals surface area contributed by atoms with Crippen LogP contribution < -0.4 is 0 Å². The first-order valence-electron chi connectivity index (χ1n) is 7.25. The summed E-state index contributed by atoms with van der Waals surface area (Å²) in [6.45, 7) is 7.97. The van der Waals surface area contributed by atoms with Crippen molar-refractivity contribution in [1.29, 1.82) is 0 Å². The Hall–Kier alpha value is -1.95. The van der Waals surface area contributed by atoms with Crippen LogP contribution in [0.1, 0.15) is 39.9 Å². The van der Waals surface area contributed by atoms with Crippen molar-refractivity contribution in [3.8, 4) is 0 Å². The number of carboxylic acid groups (broad SMARTS) is 1. The smallest absolute Gasteiger partial charge is 0.337 e. The normalized spacial score (nSPS) is 16.0. The summed E-state index contributed by atoms with van der Waals surface area (Å²) >= 11 is 0. The van der Waals surface area contributed by atoms with E-state index in [9.17, 15) is 9.59 Å². The topological polar surface area (TPSA) is 73.7 Å². The predicted molar refractivity (Wildman–Crippen MR) is 78.6 cm³/mol. The Labute approximate surface area is 124 Å². The zero-order valence-electron chi connectivity index (χ0n) is 12.5. The summed E-state index contributed by atoms with van der Waals surface area (Å²) in [5, 5.41) is 8.98.